The Morgan fingerprint density at radius 3 is 0.944 bits per heavy atom. The molecule has 0 atom stereocenters. The first-order valence-corrected chi connectivity index (χ1v) is 18.9. The van der Waals surface area contributed by atoms with Crippen LogP contribution in [0.25, 0.3) is 44.5 Å². The maximum absolute atomic E-state index is 2.55. The summed E-state index contributed by atoms with van der Waals surface area (Å²) in [5.41, 5.74) is 18.8. The van der Waals surface area contributed by atoms with Crippen molar-refractivity contribution >= 4 is 11.4 Å². The first kappa shape index (κ1) is 30.9. The van der Waals surface area contributed by atoms with E-state index < -0.39 is 11.1 Å². The molecule has 0 N–H and O–H groups in total. The van der Waals surface area contributed by atoms with E-state index in [0.29, 0.717) is 0 Å². The molecule has 0 radical (unpaired) electrons. The fourth-order valence-electron chi connectivity index (χ4n) is 10.4. The zero-order valence-electron chi connectivity index (χ0n) is 30.4. The third kappa shape index (κ3) is 3.90. The number of rotatable bonds is 0. The summed E-state index contributed by atoms with van der Waals surface area (Å²) in [7, 11) is 4.60. The molecule has 2 spiro atoms. The van der Waals surface area contributed by atoms with Crippen molar-refractivity contribution in [2.24, 2.45) is 0 Å². The molecule has 8 aromatic rings. The van der Waals surface area contributed by atoms with Crippen molar-refractivity contribution in [2.45, 2.75) is 11.1 Å². The van der Waals surface area contributed by atoms with Crippen LogP contribution >= 0.6 is 0 Å². The molecule has 4 bridgehead atoms. The molecule has 0 amide bonds. The van der Waals surface area contributed by atoms with E-state index in [9.17, 15) is 0 Å². The topological polar surface area (TPSA) is 6.48 Å². The van der Waals surface area contributed by atoms with Crippen LogP contribution in [0.3, 0.4) is 0 Å². The largest absolute Gasteiger partial charge is 0.356 e. The molecule has 2 heteroatoms. The van der Waals surface area contributed by atoms with Crippen molar-refractivity contribution in [3.63, 3.8) is 0 Å². The summed E-state index contributed by atoms with van der Waals surface area (Å²) >= 11 is 0. The van der Waals surface area contributed by atoms with Crippen LogP contribution in [0.15, 0.2) is 194 Å². The summed E-state index contributed by atoms with van der Waals surface area (Å²) in [4.78, 5) is 5.11. The van der Waals surface area contributed by atoms with Crippen LogP contribution < -0.4 is 9.80 Å². The second kappa shape index (κ2) is 11.4. The Morgan fingerprint density at radius 2 is 0.593 bits per heavy atom. The van der Waals surface area contributed by atoms with Gasteiger partial charge in [0.25, 0.3) is 0 Å². The molecule has 11 rings (SSSR count). The molecule has 0 aromatic heterocycles. The zero-order valence-corrected chi connectivity index (χ0v) is 30.4. The van der Waals surface area contributed by atoms with E-state index in [2.05, 4.69) is 218 Å². The summed E-state index contributed by atoms with van der Waals surface area (Å²) < 4.78 is 0. The van der Waals surface area contributed by atoms with Crippen LogP contribution in [0.2, 0.25) is 0 Å². The Bertz CT molecular complexity index is 2510. The van der Waals surface area contributed by atoms with E-state index in [1.54, 1.807) is 0 Å². The minimum Gasteiger partial charge on any atom is -0.356 e. The van der Waals surface area contributed by atoms with Crippen molar-refractivity contribution < 1.29 is 0 Å². The van der Waals surface area contributed by atoms with Crippen LogP contribution in [0.5, 0.6) is 0 Å². The fraction of sp³-hybridized carbons (Fsp3) is 0.0769. The quantitative estimate of drug-likeness (QED) is 0.156. The standard InChI is InChI=1S/C52H38N2/c1-53-49-31-13-7-21-39(49)35-17-16-20-38(34-35)52(47-29-11-5-25-43(47)44-26-6-12-30-48(44)52)54(2)50-32-14-8-22-40(50)36-18-15-19-37(33-36)51(53)45-27-9-3-23-41(45)42-24-4-10-28-46(42)51/h3-34H,1-2H3. The molecule has 54 heavy (non-hydrogen) atoms. The minimum atomic E-state index is -0.591. The van der Waals surface area contributed by atoms with Gasteiger partial charge in [-0.3, -0.25) is 0 Å². The van der Waals surface area contributed by atoms with Crippen molar-refractivity contribution in [1.29, 1.82) is 0 Å². The van der Waals surface area contributed by atoms with Crippen molar-refractivity contribution in [3.8, 4) is 44.5 Å². The predicted molar refractivity (Wildman–Crippen MR) is 224 cm³/mol. The number of fused-ring (bicyclic) bond motifs is 20. The first-order valence-electron chi connectivity index (χ1n) is 18.9. The summed E-state index contributed by atoms with van der Waals surface area (Å²) in [6, 6.07) is 72.7. The van der Waals surface area contributed by atoms with Crippen LogP contribution in [0.1, 0.15) is 33.4 Å². The van der Waals surface area contributed by atoms with Gasteiger partial charge in [0.2, 0.25) is 0 Å². The SMILES string of the molecule is CN1c2ccccc2-c2cccc(c2)C2(c3ccccc3-c3ccccc32)N(C)c2ccccc2-c2cccc(c2)C12c1ccccc1-c1ccccc12. The lowest BCUT2D eigenvalue weighted by Crippen LogP contribution is -2.45. The highest BCUT2D eigenvalue weighted by atomic mass is 15.2. The molecule has 2 nitrogen and oxygen atoms in total. The average Bonchev–Trinajstić information content (AvgIpc) is 3.72. The van der Waals surface area contributed by atoms with Gasteiger partial charge >= 0.3 is 0 Å². The molecule has 0 saturated carbocycles. The van der Waals surface area contributed by atoms with Gasteiger partial charge in [0.15, 0.2) is 0 Å². The van der Waals surface area contributed by atoms with E-state index in [4.69, 9.17) is 0 Å². The van der Waals surface area contributed by atoms with E-state index in [0.717, 1.165) is 0 Å². The van der Waals surface area contributed by atoms with E-state index in [1.165, 1.54) is 89.3 Å². The minimum absolute atomic E-state index is 0.591. The summed E-state index contributed by atoms with van der Waals surface area (Å²) in [5, 5.41) is 0. The molecule has 2 aliphatic carbocycles. The number of anilines is 2. The number of para-hydroxylation sites is 2. The lowest BCUT2D eigenvalue weighted by atomic mass is 9.76. The number of nitrogens with zero attached hydrogens (tertiary/aromatic N) is 2. The van der Waals surface area contributed by atoms with Gasteiger partial charge in [0, 0.05) is 36.6 Å². The van der Waals surface area contributed by atoms with Crippen LogP contribution in [-0.4, -0.2) is 14.1 Å². The third-order valence-electron chi connectivity index (χ3n) is 12.6. The van der Waals surface area contributed by atoms with E-state index >= 15 is 0 Å². The maximum atomic E-state index is 2.55. The van der Waals surface area contributed by atoms with Gasteiger partial charge in [-0.1, -0.05) is 170 Å². The molecular weight excluding hydrogens is 653 g/mol. The maximum Gasteiger partial charge on any atom is 0.117 e. The Balaban J connectivity index is 1.30. The molecule has 3 aliphatic rings. The highest BCUT2D eigenvalue weighted by Crippen LogP contribution is 2.59. The molecule has 0 unspecified atom stereocenters. The van der Waals surface area contributed by atoms with Crippen molar-refractivity contribution in [1.82, 2.24) is 0 Å². The van der Waals surface area contributed by atoms with Gasteiger partial charge in [-0.05, 0) is 91.0 Å². The molecule has 0 saturated heterocycles. The molecule has 1 aliphatic heterocycles. The van der Waals surface area contributed by atoms with Crippen LogP contribution in [0, 0.1) is 0 Å². The van der Waals surface area contributed by atoms with Gasteiger partial charge in [-0.25, -0.2) is 0 Å². The number of benzene rings is 8. The normalized spacial score (nSPS) is 15.1. The number of hydrogen-bond acceptors (Lipinski definition) is 2. The highest BCUT2D eigenvalue weighted by Gasteiger charge is 2.50. The molecule has 1 heterocycles. The first-order chi connectivity index (χ1) is 26.6. The zero-order chi connectivity index (χ0) is 36.0. The van der Waals surface area contributed by atoms with Crippen molar-refractivity contribution in [2.75, 3.05) is 23.9 Å². The predicted octanol–water partition coefficient (Wildman–Crippen LogP) is 12.2. The second-order valence-electron chi connectivity index (χ2n) is 14.9. The smallest absolute Gasteiger partial charge is 0.117 e. The van der Waals surface area contributed by atoms with Crippen LogP contribution in [0.4, 0.5) is 11.4 Å². The molecular formula is C52H38N2. The molecule has 8 aromatic carbocycles. The lowest BCUT2D eigenvalue weighted by Gasteiger charge is -2.45. The van der Waals surface area contributed by atoms with Crippen molar-refractivity contribution in [3.05, 3.63) is 228 Å². The molecule has 0 fully saturated rings. The summed E-state index contributed by atoms with van der Waals surface area (Å²) in [6.07, 6.45) is 0. The lowest BCUT2D eigenvalue weighted by molar-refractivity contribution is 0.615. The van der Waals surface area contributed by atoms with Gasteiger partial charge < -0.3 is 9.80 Å². The van der Waals surface area contributed by atoms with E-state index in [1.807, 2.05) is 0 Å². The summed E-state index contributed by atoms with van der Waals surface area (Å²) in [5.74, 6) is 0. The van der Waals surface area contributed by atoms with Gasteiger partial charge in [-0.2, -0.15) is 0 Å². The van der Waals surface area contributed by atoms with Gasteiger partial charge in [-0.15, -0.1) is 0 Å². The van der Waals surface area contributed by atoms with Gasteiger partial charge in [0.05, 0.1) is 0 Å². The average molecular weight is 691 g/mol. The van der Waals surface area contributed by atoms with Gasteiger partial charge in [0.1, 0.15) is 11.1 Å². The fourth-order valence-corrected chi connectivity index (χ4v) is 10.4. The monoisotopic (exact) mass is 690 g/mol. The Hall–Kier alpha value is -6.64. The second-order valence-corrected chi connectivity index (χ2v) is 14.9. The Morgan fingerprint density at radius 1 is 0.296 bits per heavy atom. The number of hydrogen-bond donors (Lipinski definition) is 0. The Labute approximate surface area is 317 Å². The summed E-state index contributed by atoms with van der Waals surface area (Å²) in [6.45, 7) is 0. The Kier molecular flexibility index (Phi) is 6.55. The molecule has 256 valence electrons. The van der Waals surface area contributed by atoms with Crippen LogP contribution in [-0.2, 0) is 11.1 Å². The highest BCUT2D eigenvalue weighted by molar-refractivity contribution is 5.92. The third-order valence-corrected chi connectivity index (χ3v) is 12.6. The van der Waals surface area contributed by atoms with E-state index in [-0.39, 0.29) is 0 Å².